The van der Waals surface area contributed by atoms with E-state index >= 15 is 0 Å². The van der Waals surface area contributed by atoms with Gasteiger partial charge in [0.2, 0.25) is 0 Å². The molecule has 0 saturated heterocycles. The normalized spacial score (nSPS) is 13.9. The molecule has 0 aliphatic carbocycles. The van der Waals surface area contributed by atoms with Gasteiger partial charge in [0.25, 0.3) is 0 Å². The van der Waals surface area contributed by atoms with E-state index in [1.807, 2.05) is 0 Å². The molecule has 0 aliphatic heterocycles. The molecule has 1 aromatic rings. The summed E-state index contributed by atoms with van der Waals surface area (Å²) >= 11 is 6.04. The van der Waals surface area contributed by atoms with Gasteiger partial charge >= 0.3 is 6.18 Å². The first-order valence-corrected chi connectivity index (χ1v) is 6.10. The van der Waals surface area contributed by atoms with Crippen LogP contribution in [0, 0.1) is 6.92 Å². The first kappa shape index (κ1) is 15.3. The maximum absolute atomic E-state index is 12.4. The van der Waals surface area contributed by atoms with Crippen LogP contribution in [0.3, 0.4) is 0 Å². The van der Waals surface area contributed by atoms with Crippen LogP contribution in [0.1, 0.15) is 24.7 Å². The molecule has 18 heavy (non-hydrogen) atoms. The molecule has 7 heteroatoms. The van der Waals surface area contributed by atoms with Crippen molar-refractivity contribution in [3.8, 4) is 0 Å². The lowest BCUT2D eigenvalue weighted by Crippen LogP contribution is -2.36. The quantitative estimate of drug-likeness (QED) is 0.900. The molecule has 0 saturated carbocycles. The first-order valence-electron chi connectivity index (χ1n) is 5.72. The summed E-state index contributed by atoms with van der Waals surface area (Å²) in [6.45, 7) is 3.99. The van der Waals surface area contributed by atoms with Crippen molar-refractivity contribution in [1.82, 2.24) is 15.1 Å². The molecule has 1 heterocycles. The second-order valence-corrected chi connectivity index (χ2v) is 4.63. The molecule has 0 fully saturated rings. The van der Waals surface area contributed by atoms with Gasteiger partial charge in [0.05, 0.1) is 22.8 Å². The van der Waals surface area contributed by atoms with Gasteiger partial charge in [-0.05, 0) is 13.5 Å². The molecule has 1 N–H and O–H groups in total. The summed E-state index contributed by atoms with van der Waals surface area (Å²) < 4.78 is 38.9. The lowest BCUT2D eigenvalue weighted by atomic mass is 10.1. The van der Waals surface area contributed by atoms with E-state index in [0.717, 1.165) is 0 Å². The molecule has 0 bridgehead atoms. The number of hydrogen-bond acceptors (Lipinski definition) is 2. The Morgan fingerprint density at radius 3 is 2.44 bits per heavy atom. The van der Waals surface area contributed by atoms with Crippen LogP contribution in [0.5, 0.6) is 0 Å². The number of rotatable bonds is 5. The van der Waals surface area contributed by atoms with Gasteiger partial charge < -0.3 is 5.32 Å². The van der Waals surface area contributed by atoms with Gasteiger partial charge in [0, 0.05) is 19.5 Å². The average molecular weight is 284 g/mol. The van der Waals surface area contributed by atoms with Crippen LogP contribution in [-0.2, 0) is 13.5 Å². The maximum atomic E-state index is 12.4. The number of nitrogens with one attached hydrogen (secondary N) is 1. The smallest absolute Gasteiger partial charge is 0.314 e. The van der Waals surface area contributed by atoms with Crippen molar-refractivity contribution in [2.45, 2.75) is 38.9 Å². The van der Waals surface area contributed by atoms with E-state index < -0.39 is 18.6 Å². The highest BCUT2D eigenvalue weighted by Crippen LogP contribution is 2.26. The fourth-order valence-corrected chi connectivity index (χ4v) is 2.16. The Bertz CT molecular complexity index is 401. The topological polar surface area (TPSA) is 29.9 Å². The van der Waals surface area contributed by atoms with Crippen LogP contribution in [-0.4, -0.2) is 28.5 Å². The third kappa shape index (κ3) is 4.17. The molecule has 0 radical (unpaired) electrons. The summed E-state index contributed by atoms with van der Waals surface area (Å²) in [5.41, 5.74) is 1.26. The van der Waals surface area contributed by atoms with Gasteiger partial charge in [0.15, 0.2) is 0 Å². The van der Waals surface area contributed by atoms with Gasteiger partial charge in [-0.1, -0.05) is 18.5 Å². The minimum absolute atomic E-state index is 0.212. The van der Waals surface area contributed by atoms with Crippen molar-refractivity contribution < 1.29 is 13.2 Å². The zero-order chi connectivity index (χ0) is 13.9. The molecular weight excluding hydrogens is 267 g/mol. The van der Waals surface area contributed by atoms with Crippen molar-refractivity contribution in [3.63, 3.8) is 0 Å². The summed E-state index contributed by atoms with van der Waals surface area (Å²) in [6, 6.07) is -0.678. The van der Waals surface area contributed by atoms with E-state index in [2.05, 4.69) is 10.4 Å². The average Bonchev–Trinajstić information content (AvgIpc) is 2.43. The van der Waals surface area contributed by atoms with Gasteiger partial charge in [0.1, 0.15) is 0 Å². The number of likely N-dealkylation sites (N-methyl/N-ethyl adjacent to an activating group) is 1. The Balaban J connectivity index is 2.83. The SMILES string of the molecule is CCNC(Cc1c(Cl)c(C)nn1C)CC(F)(F)F. The van der Waals surface area contributed by atoms with Crippen LogP contribution >= 0.6 is 11.6 Å². The standard InChI is InChI=1S/C11H17ClF3N3/c1-4-16-8(6-11(13,14)15)5-9-10(12)7(2)17-18(9)3/h8,16H,4-6H2,1-3H3. The minimum atomic E-state index is -4.19. The number of aromatic nitrogens is 2. The molecule has 0 spiro atoms. The fraction of sp³-hybridized carbons (Fsp3) is 0.727. The summed E-state index contributed by atoms with van der Waals surface area (Å²) in [6.07, 6.45) is -4.85. The Morgan fingerprint density at radius 1 is 1.44 bits per heavy atom. The van der Waals surface area contributed by atoms with E-state index in [9.17, 15) is 13.2 Å². The number of aryl methyl sites for hydroxylation is 2. The summed E-state index contributed by atoms with van der Waals surface area (Å²) in [5.74, 6) is 0. The van der Waals surface area contributed by atoms with Gasteiger partial charge in [-0.2, -0.15) is 18.3 Å². The lowest BCUT2D eigenvalue weighted by Gasteiger charge is -2.19. The second-order valence-electron chi connectivity index (χ2n) is 4.25. The van der Waals surface area contributed by atoms with Crippen molar-refractivity contribution in [2.75, 3.05) is 6.54 Å². The Labute approximate surface area is 109 Å². The third-order valence-electron chi connectivity index (χ3n) is 2.67. The number of hydrogen-bond donors (Lipinski definition) is 1. The van der Waals surface area contributed by atoms with E-state index in [0.29, 0.717) is 23.0 Å². The molecule has 1 unspecified atom stereocenters. The summed E-state index contributed by atoms with van der Waals surface area (Å²) in [4.78, 5) is 0. The highest BCUT2D eigenvalue weighted by atomic mass is 35.5. The Morgan fingerprint density at radius 2 is 2.06 bits per heavy atom. The zero-order valence-corrected chi connectivity index (χ0v) is 11.4. The predicted octanol–water partition coefficient (Wildman–Crippen LogP) is 2.85. The van der Waals surface area contributed by atoms with E-state index in [1.165, 1.54) is 0 Å². The van der Waals surface area contributed by atoms with E-state index in [4.69, 9.17) is 11.6 Å². The molecule has 1 rings (SSSR count). The van der Waals surface area contributed by atoms with Crippen LogP contribution in [0.2, 0.25) is 5.02 Å². The van der Waals surface area contributed by atoms with E-state index in [1.54, 1.807) is 25.6 Å². The molecule has 1 atom stereocenters. The monoisotopic (exact) mass is 283 g/mol. The molecule has 1 aromatic heterocycles. The first-order chi connectivity index (χ1) is 8.24. The van der Waals surface area contributed by atoms with Gasteiger partial charge in [-0.15, -0.1) is 0 Å². The maximum Gasteiger partial charge on any atom is 0.390 e. The Hall–Kier alpha value is -0.750. The Kier molecular flexibility index (Phi) is 5.04. The lowest BCUT2D eigenvalue weighted by molar-refractivity contribution is -0.139. The predicted molar refractivity (Wildman–Crippen MR) is 64.8 cm³/mol. The number of halogens is 4. The summed E-state index contributed by atoms with van der Waals surface area (Å²) in [5, 5.41) is 7.37. The van der Waals surface area contributed by atoms with Crippen molar-refractivity contribution >= 4 is 11.6 Å². The third-order valence-corrected chi connectivity index (χ3v) is 3.16. The van der Waals surface area contributed by atoms with Crippen LogP contribution in [0.4, 0.5) is 13.2 Å². The van der Waals surface area contributed by atoms with Crippen molar-refractivity contribution in [1.29, 1.82) is 0 Å². The molecule has 3 nitrogen and oxygen atoms in total. The molecule has 0 aromatic carbocycles. The van der Waals surface area contributed by atoms with Gasteiger partial charge in [-0.25, -0.2) is 0 Å². The van der Waals surface area contributed by atoms with Gasteiger partial charge in [-0.3, -0.25) is 4.68 Å². The number of nitrogens with zero attached hydrogens (tertiary/aromatic N) is 2. The number of alkyl halides is 3. The van der Waals surface area contributed by atoms with Crippen LogP contribution in [0.15, 0.2) is 0 Å². The van der Waals surface area contributed by atoms with Crippen LogP contribution in [0.25, 0.3) is 0 Å². The highest BCUT2D eigenvalue weighted by molar-refractivity contribution is 6.31. The largest absolute Gasteiger partial charge is 0.390 e. The molecule has 0 amide bonds. The van der Waals surface area contributed by atoms with Crippen LogP contribution < -0.4 is 5.32 Å². The van der Waals surface area contributed by atoms with Crippen molar-refractivity contribution in [3.05, 3.63) is 16.4 Å². The molecule has 0 aliphatic rings. The summed E-state index contributed by atoms with van der Waals surface area (Å²) in [7, 11) is 1.69. The zero-order valence-electron chi connectivity index (χ0n) is 10.6. The fourth-order valence-electron chi connectivity index (χ4n) is 1.92. The highest BCUT2D eigenvalue weighted by Gasteiger charge is 2.32. The molecular formula is C11H17ClF3N3. The second kappa shape index (κ2) is 5.93. The minimum Gasteiger partial charge on any atom is -0.314 e. The van der Waals surface area contributed by atoms with Crippen molar-refractivity contribution in [2.24, 2.45) is 7.05 Å². The molecule has 104 valence electrons. The van der Waals surface area contributed by atoms with E-state index in [-0.39, 0.29) is 6.42 Å².